The second-order valence-corrected chi connectivity index (χ2v) is 6.00. The fourth-order valence-corrected chi connectivity index (χ4v) is 2.85. The van der Waals surface area contributed by atoms with Crippen LogP contribution in [0.4, 0.5) is 0 Å². The van der Waals surface area contributed by atoms with Gasteiger partial charge in [0.15, 0.2) is 5.49 Å². The Morgan fingerprint density at radius 3 is 2.74 bits per heavy atom. The number of ether oxygens (including phenoxy) is 1. The highest BCUT2D eigenvalue weighted by Crippen LogP contribution is 2.10. The van der Waals surface area contributed by atoms with E-state index in [0.29, 0.717) is 17.7 Å². The predicted octanol–water partition coefficient (Wildman–Crippen LogP) is 1.59. The average Bonchev–Trinajstić information content (AvgIpc) is 2.65. The van der Waals surface area contributed by atoms with Crippen molar-refractivity contribution in [3.63, 3.8) is 0 Å². The van der Waals surface area contributed by atoms with Crippen LogP contribution in [-0.4, -0.2) is 32.4 Å². The normalized spacial score (nSPS) is 11.9. The molecule has 0 aliphatic carbocycles. The van der Waals surface area contributed by atoms with Gasteiger partial charge in [-0.05, 0) is 31.5 Å². The first kappa shape index (κ1) is 18.5. The molecule has 0 radical (unpaired) electrons. The number of aryl methyl sites for hydroxylation is 1. The van der Waals surface area contributed by atoms with E-state index in [-0.39, 0.29) is 40.9 Å². The summed E-state index contributed by atoms with van der Waals surface area (Å²) in [6.07, 6.45) is 2.50. The first-order valence-electron chi connectivity index (χ1n) is 8.73. The third-order valence-corrected chi connectivity index (χ3v) is 4.10. The minimum absolute atomic E-state index is 0.0612. The molecule has 0 spiro atoms. The number of rotatable bonds is 4. The monoisotopic (exact) mass is 368 g/mol. The third kappa shape index (κ3) is 3.38. The topological polar surface area (TPSA) is 95.0 Å². The lowest BCUT2D eigenvalue weighted by Gasteiger charge is -2.11. The van der Waals surface area contributed by atoms with E-state index in [1.54, 1.807) is 38.4 Å². The Morgan fingerprint density at radius 1 is 1.26 bits per heavy atom. The number of amides is 1. The SMILES string of the molecule is CCCC(=O)N=c1c(C(=O)OCC)cc2c(=O)n3ccccc3nc2n1C. The molecule has 3 aromatic heterocycles. The summed E-state index contributed by atoms with van der Waals surface area (Å²) in [6, 6.07) is 6.61. The van der Waals surface area contributed by atoms with Gasteiger partial charge in [0, 0.05) is 19.7 Å². The summed E-state index contributed by atoms with van der Waals surface area (Å²) in [6.45, 7) is 3.72. The molecule has 140 valence electrons. The van der Waals surface area contributed by atoms with Gasteiger partial charge in [0.05, 0.1) is 12.0 Å². The summed E-state index contributed by atoms with van der Waals surface area (Å²) < 4.78 is 7.98. The van der Waals surface area contributed by atoms with Gasteiger partial charge in [0.25, 0.3) is 5.56 Å². The average molecular weight is 368 g/mol. The molecule has 3 rings (SSSR count). The number of nitrogens with zero attached hydrogens (tertiary/aromatic N) is 4. The van der Waals surface area contributed by atoms with Gasteiger partial charge in [-0.3, -0.25) is 14.0 Å². The fourth-order valence-electron chi connectivity index (χ4n) is 2.85. The molecular weight excluding hydrogens is 348 g/mol. The van der Waals surface area contributed by atoms with Crippen molar-refractivity contribution in [2.24, 2.45) is 12.0 Å². The molecule has 0 saturated heterocycles. The zero-order chi connectivity index (χ0) is 19.6. The van der Waals surface area contributed by atoms with Crippen molar-refractivity contribution in [1.29, 1.82) is 0 Å². The zero-order valence-corrected chi connectivity index (χ0v) is 15.4. The Hall–Kier alpha value is -3.29. The Balaban J connectivity index is 2.44. The number of carbonyl (C=O) groups excluding carboxylic acids is 2. The highest BCUT2D eigenvalue weighted by atomic mass is 16.5. The molecule has 0 bridgehead atoms. The molecule has 0 aliphatic heterocycles. The molecule has 3 heterocycles. The molecule has 0 aliphatic rings. The van der Waals surface area contributed by atoms with Gasteiger partial charge in [-0.15, -0.1) is 0 Å². The second-order valence-electron chi connectivity index (χ2n) is 6.00. The highest BCUT2D eigenvalue weighted by Gasteiger charge is 2.18. The lowest BCUT2D eigenvalue weighted by molar-refractivity contribution is -0.118. The lowest BCUT2D eigenvalue weighted by atomic mass is 10.2. The van der Waals surface area contributed by atoms with Gasteiger partial charge in [-0.1, -0.05) is 13.0 Å². The smallest absolute Gasteiger partial charge is 0.341 e. The largest absolute Gasteiger partial charge is 0.462 e. The van der Waals surface area contributed by atoms with Crippen molar-refractivity contribution in [2.45, 2.75) is 26.7 Å². The lowest BCUT2D eigenvalue weighted by Crippen LogP contribution is -2.31. The van der Waals surface area contributed by atoms with Crippen LogP contribution in [0.3, 0.4) is 0 Å². The van der Waals surface area contributed by atoms with Crippen molar-refractivity contribution < 1.29 is 14.3 Å². The van der Waals surface area contributed by atoms with Crippen molar-refractivity contribution in [1.82, 2.24) is 14.0 Å². The van der Waals surface area contributed by atoms with Crippen molar-refractivity contribution in [3.8, 4) is 0 Å². The maximum atomic E-state index is 12.9. The van der Waals surface area contributed by atoms with Gasteiger partial charge >= 0.3 is 5.97 Å². The summed E-state index contributed by atoms with van der Waals surface area (Å²) in [4.78, 5) is 46.0. The molecule has 27 heavy (non-hydrogen) atoms. The van der Waals surface area contributed by atoms with E-state index < -0.39 is 5.97 Å². The van der Waals surface area contributed by atoms with Gasteiger partial charge in [-0.2, -0.15) is 4.99 Å². The number of fused-ring (bicyclic) bond motifs is 2. The quantitative estimate of drug-likeness (QED) is 0.515. The molecule has 8 heteroatoms. The van der Waals surface area contributed by atoms with Crippen LogP contribution in [0.2, 0.25) is 0 Å². The number of aromatic nitrogens is 3. The molecule has 0 atom stereocenters. The van der Waals surface area contributed by atoms with E-state index in [2.05, 4.69) is 9.98 Å². The van der Waals surface area contributed by atoms with Crippen LogP contribution in [0, 0.1) is 0 Å². The molecule has 1 amide bonds. The summed E-state index contributed by atoms with van der Waals surface area (Å²) in [5.41, 5.74) is 0.670. The van der Waals surface area contributed by atoms with Gasteiger partial charge in [0.2, 0.25) is 5.91 Å². The van der Waals surface area contributed by atoms with Crippen LogP contribution in [0.1, 0.15) is 37.0 Å². The Bertz CT molecular complexity index is 1170. The van der Waals surface area contributed by atoms with Crippen LogP contribution < -0.4 is 11.0 Å². The molecule has 0 unspecified atom stereocenters. The zero-order valence-electron chi connectivity index (χ0n) is 15.4. The second kappa shape index (κ2) is 7.53. The highest BCUT2D eigenvalue weighted by molar-refractivity contribution is 5.93. The molecule has 0 aromatic carbocycles. The summed E-state index contributed by atoms with van der Waals surface area (Å²) >= 11 is 0. The van der Waals surface area contributed by atoms with E-state index >= 15 is 0 Å². The predicted molar refractivity (Wildman–Crippen MR) is 99.4 cm³/mol. The number of esters is 1. The van der Waals surface area contributed by atoms with Crippen LogP contribution in [0.25, 0.3) is 16.7 Å². The third-order valence-electron chi connectivity index (χ3n) is 4.10. The van der Waals surface area contributed by atoms with E-state index in [9.17, 15) is 14.4 Å². The first-order valence-corrected chi connectivity index (χ1v) is 8.73. The van der Waals surface area contributed by atoms with Crippen molar-refractivity contribution >= 4 is 28.6 Å². The minimum Gasteiger partial charge on any atom is -0.462 e. The maximum Gasteiger partial charge on any atom is 0.341 e. The molecule has 0 fully saturated rings. The summed E-state index contributed by atoms with van der Waals surface area (Å²) in [5.74, 6) is -0.994. The van der Waals surface area contributed by atoms with Gasteiger partial charge < -0.3 is 9.30 Å². The van der Waals surface area contributed by atoms with Gasteiger partial charge in [0.1, 0.15) is 16.9 Å². The number of carbonyl (C=O) groups is 2. The van der Waals surface area contributed by atoms with E-state index in [1.165, 1.54) is 15.0 Å². The fraction of sp³-hybridized carbons (Fsp3) is 0.316. The van der Waals surface area contributed by atoms with Crippen molar-refractivity contribution in [3.05, 3.63) is 51.9 Å². The Labute approximate surface area is 154 Å². The summed E-state index contributed by atoms with van der Waals surface area (Å²) in [7, 11) is 1.62. The number of hydrogen-bond acceptors (Lipinski definition) is 5. The Morgan fingerprint density at radius 2 is 2.04 bits per heavy atom. The first-order chi connectivity index (χ1) is 13.0. The maximum absolute atomic E-state index is 12.9. The molecular formula is C19H20N4O4. The van der Waals surface area contributed by atoms with Crippen molar-refractivity contribution in [2.75, 3.05) is 6.61 Å². The number of pyridine rings is 2. The Kier molecular flexibility index (Phi) is 5.16. The minimum atomic E-state index is -0.643. The molecule has 3 aromatic rings. The van der Waals surface area contributed by atoms with Crippen LogP contribution >= 0.6 is 0 Å². The van der Waals surface area contributed by atoms with Crippen LogP contribution in [0.5, 0.6) is 0 Å². The molecule has 0 saturated carbocycles. The van der Waals surface area contributed by atoms with E-state index in [0.717, 1.165) is 0 Å². The van der Waals surface area contributed by atoms with E-state index in [1.807, 2.05) is 6.92 Å². The summed E-state index contributed by atoms with van der Waals surface area (Å²) in [5, 5.41) is 0.242. The van der Waals surface area contributed by atoms with Crippen LogP contribution in [0.15, 0.2) is 40.2 Å². The van der Waals surface area contributed by atoms with E-state index in [4.69, 9.17) is 4.74 Å². The van der Waals surface area contributed by atoms with Crippen LogP contribution in [-0.2, 0) is 16.6 Å². The van der Waals surface area contributed by atoms with Gasteiger partial charge in [-0.25, -0.2) is 9.78 Å². The standard InChI is InChI=1S/C19H20N4O4/c1-4-8-15(24)21-17-13(19(26)27-5-2)11-12-16(22(17)3)20-14-9-6-7-10-23(14)18(12)25/h6-7,9-11H,4-5,8H2,1-3H3. The molecule has 0 N–H and O–H groups in total. The number of hydrogen-bond donors (Lipinski definition) is 0. The molecule has 8 nitrogen and oxygen atoms in total.